The van der Waals surface area contributed by atoms with Crippen LogP contribution >= 0.6 is 22.7 Å². The predicted molar refractivity (Wildman–Crippen MR) is 169 cm³/mol. The number of alkyl halides is 3. The number of carboxylic acid groups (broad SMARTS) is 1. The summed E-state index contributed by atoms with van der Waals surface area (Å²) >= 11 is 2.88. The summed E-state index contributed by atoms with van der Waals surface area (Å²) < 4.78 is 66.1. The molecule has 0 amide bonds. The quantitative estimate of drug-likeness (QED) is 0.189. The van der Waals surface area contributed by atoms with Crippen molar-refractivity contribution in [2.24, 2.45) is 0 Å². The third kappa shape index (κ3) is 7.83. The van der Waals surface area contributed by atoms with Crippen LogP contribution in [0.15, 0.2) is 70.6 Å². The normalized spacial score (nSPS) is 14.5. The molecule has 0 aliphatic carbocycles. The second kappa shape index (κ2) is 14.1. The molecule has 0 radical (unpaired) electrons. The molecule has 0 saturated carbocycles. The predicted octanol–water partition coefficient (Wildman–Crippen LogP) is 6.03. The van der Waals surface area contributed by atoms with Gasteiger partial charge in [-0.05, 0) is 49.4 Å². The van der Waals surface area contributed by atoms with Crippen LogP contribution in [-0.2, 0) is 21.4 Å². The number of aromatic amines is 1. The van der Waals surface area contributed by atoms with Gasteiger partial charge < -0.3 is 14.8 Å². The third-order valence-corrected chi connectivity index (χ3v) is 11.3. The number of para-hydroxylation sites is 1. The van der Waals surface area contributed by atoms with E-state index >= 15 is 0 Å². The Bertz CT molecular complexity index is 1860. The van der Waals surface area contributed by atoms with Gasteiger partial charge in [-0.2, -0.15) is 13.2 Å². The number of sulfonamides is 1. The standard InChI is InChI=1S/C27H28N6O3S3.C2HF3O2/c1-2-33(39(34,35)24-8-4-15-37-24)23-7-3-6-19-16-22(31-25(19)23)26-30-17-21(38-26)18-32-13-9-20(10-14-32)36-27-28-11-5-12-29-27;3-2(4,5)1(6)7/h3-8,11-12,15-17,20,31H,2,9-10,13-14,18H2,1H3;(H,6,7). The first-order valence-electron chi connectivity index (χ1n) is 14.0. The number of likely N-dealkylation sites (tertiary alicyclic amines) is 1. The molecule has 1 aliphatic heterocycles. The molecule has 2 N–H and O–H groups in total. The van der Waals surface area contributed by atoms with Crippen LogP contribution < -0.4 is 9.04 Å². The fraction of sp³-hybridized carbons (Fsp3) is 0.310. The molecule has 17 heteroatoms. The highest BCUT2D eigenvalue weighted by Crippen LogP contribution is 2.35. The van der Waals surface area contributed by atoms with Gasteiger partial charge in [0.25, 0.3) is 10.0 Å². The highest BCUT2D eigenvalue weighted by Gasteiger charge is 2.38. The van der Waals surface area contributed by atoms with Crippen LogP contribution in [0.25, 0.3) is 21.6 Å². The lowest BCUT2D eigenvalue weighted by molar-refractivity contribution is -0.192. The molecule has 0 unspecified atom stereocenters. The zero-order valence-electron chi connectivity index (χ0n) is 24.3. The third-order valence-electron chi connectivity index (χ3n) is 6.98. The van der Waals surface area contributed by atoms with Gasteiger partial charge in [-0.1, -0.05) is 18.2 Å². The lowest BCUT2D eigenvalue weighted by atomic mass is 10.1. The van der Waals surface area contributed by atoms with Crippen molar-refractivity contribution in [3.63, 3.8) is 0 Å². The molecular weight excluding hydrogens is 666 g/mol. The first-order valence-corrected chi connectivity index (χ1v) is 17.2. The summed E-state index contributed by atoms with van der Waals surface area (Å²) in [5.74, 6) is -2.76. The van der Waals surface area contributed by atoms with E-state index in [-0.39, 0.29) is 6.10 Å². The van der Waals surface area contributed by atoms with Gasteiger partial charge in [0.1, 0.15) is 15.3 Å². The molecule has 1 saturated heterocycles. The molecule has 5 aromatic rings. The van der Waals surface area contributed by atoms with Crippen molar-refractivity contribution in [1.29, 1.82) is 0 Å². The Morgan fingerprint density at radius 1 is 1.13 bits per heavy atom. The van der Waals surface area contributed by atoms with Crippen molar-refractivity contribution >= 4 is 55.3 Å². The summed E-state index contributed by atoms with van der Waals surface area (Å²) in [7, 11) is -3.64. The van der Waals surface area contributed by atoms with E-state index in [0.29, 0.717) is 22.5 Å². The van der Waals surface area contributed by atoms with Crippen LogP contribution in [0.3, 0.4) is 0 Å². The number of aliphatic carboxylic acids is 1. The molecular formula is C29H29F3N6O5S3. The van der Waals surface area contributed by atoms with E-state index in [1.165, 1.54) is 20.5 Å². The second-order valence-electron chi connectivity index (χ2n) is 10.1. The van der Waals surface area contributed by atoms with Gasteiger partial charge in [0.15, 0.2) is 0 Å². The highest BCUT2D eigenvalue weighted by molar-refractivity contribution is 7.94. The van der Waals surface area contributed by atoms with Gasteiger partial charge in [0, 0.05) is 55.0 Å². The Balaban J connectivity index is 0.000000537. The Morgan fingerprint density at radius 2 is 1.85 bits per heavy atom. The number of nitrogens with zero attached hydrogens (tertiary/aromatic N) is 5. The largest absolute Gasteiger partial charge is 0.490 e. The average molecular weight is 695 g/mol. The van der Waals surface area contributed by atoms with Gasteiger partial charge in [0.2, 0.25) is 0 Å². The van der Waals surface area contributed by atoms with Crippen molar-refractivity contribution in [3.05, 3.63) is 71.3 Å². The maximum atomic E-state index is 13.3. The summed E-state index contributed by atoms with van der Waals surface area (Å²) in [5.41, 5.74) is 2.31. The number of nitrogens with one attached hydrogen (secondary N) is 1. The summed E-state index contributed by atoms with van der Waals surface area (Å²) in [6.07, 6.45) is 2.23. The van der Waals surface area contributed by atoms with E-state index in [4.69, 9.17) is 19.6 Å². The number of carboxylic acids is 1. The van der Waals surface area contributed by atoms with Crippen molar-refractivity contribution < 1.29 is 36.2 Å². The first-order chi connectivity index (χ1) is 22.0. The highest BCUT2D eigenvalue weighted by atomic mass is 32.2. The second-order valence-corrected chi connectivity index (χ2v) is 14.2. The Kier molecular flexibility index (Phi) is 10.2. The maximum absolute atomic E-state index is 13.3. The number of H-pyrrole nitrogens is 1. The smallest absolute Gasteiger partial charge is 0.475 e. The molecule has 11 nitrogen and oxygen atoms in total. The minimum absolute atomic E-state index is 0.132. The van der Waals surface area contributed by atoms with E-state index in [0.717, 1.165) is 54.1 Å². The number of benzene rings is 1. The van der Waals surface area contributed by atoms with E-state index < -0.39 is 22.2 Å². The fourth-order valence-corrected chi connectivity index (χ4v) is 8.37. The number of piperidine rings is 1. The summed E-state index contributed by atoms with van der Waals surface area (Å²) in [6.45, 7) is 4.89. The molecule has 0 spiro atoms. The van der Waals surface area contributed by atoms with Crippen molar-refractivity contribution in [2.45, 2.75) is 42.8 Å². The number of rotatable bonds is 9. The molecule has 0 atom stereocenters. The number of aromatic nitrogens is 4. The van der Waals surface area contributed by atoms with E-state index in [1.807, 2.05) is 37.4 Å². The molecule has 1 aromatic carbocycles. The minimum atomic E-state index is -5.08. The molecule has 1 aliphatic rings. The Labute approximate surface area is 270 Å². The molecule has 46 heavy (non-hydrogen) atoms. The van der Waals surface area contributed by atoms with Gasteiger partial charge in [0.05, 0.1) is 16.9 Å². The summed E-state index contributed by atoms with van der Waals surface area (Å²) in [5, 5.41) is 10.7. The van der Waals surface area contributed by atoms with Crippen molar-refractivity contribution in [3.8, 4) is 16.7 Å². The van der Waals surface area contributed by atoms with E-state index in [1.54, 1.807) is 47.3 Å². The van der Waals surface area contributed by atoms with Crippen LogP contribution in [-0.4, -0.2) is 76.2 Å². The van der Waals surface area contributed by atoms with Crippen LogP contribution in [0.2, 0.25) is 0 Å². The number of thiophene rings is 1. The maximum Gasteiger partial charge on any atom is 0.490 e. The lowest BCUT2D eigenvalue weighted by Gasteiger charge is -2.31. The monoisotopic (exact) mass is 694 g/mol. The zero-order valence-corrected chi connectivity index (χ0v) is 26.8. The van der Waals surface area contributed by atoms with Crippen LogP contribution in [0.1, 0.15) is 24.6 Å². The number of hydrogen-bond donors (Lipinski definition) is 2. The summed E-state index contributed by atoms with van der Waals surface area (Å²) in [4.78, 5) is 29.0. The summed E-state index contributed by atoms with van der Waals surface area (Å²) in [6, 6.07) is 13.4. The van der Waals surface area contributed by atoms with Crippen molar-refractivity contribution in [2.75, 3.05) is 23.9 Å². The van der Waals surface area contributed by atoms with E-state index in [9.17, 15) is 21.6 Å². The van der Waals surface area contributed by atoms with Crippen LogP contribution in [0.4, 0.5) is 18.9 Å². The SMILES string of the molecule is CCN(c1cccc2cc(-c3ncc(CN4CCC(Oc5ncccn5)CC4)s3)[nH]c12)S(=O)(=O)c1cccs1.O=C(O)C(F)(F)F. The topological polar surface area (TPSA) is 142 Å². The molecule has 4 aromatic heterocycles. The average Bonchev–Trinajstić information content (AvgIpc) is 3.81. The molecule has 0 bridgehead atoms. The van der Waals surface area contributed by atoms with Crippen molar-refractivity contribution in [1.82, 2.24) is 24.8 Å². The van der Waals surface area contributed by atoms with Gasteiger partial charge >= 0.3 is 18.2 Å². The van der Waals surface area contributed by atoms with Gasteiger partial charge in [-0.25, -0.2) is 28.2 Å². The number of carbonyl (C=O) groups is 1. The fourth-order valence-electron chi connectivity index (χ4n) is 4.86. The number of halogens is 3. The number of thiazole rings is 1. The number of ether oxygens (including phenoxy) is 1. The van der Waals surface area contributed by atoms with Gasteiger partial charge in [-0.3, -0.25) is 9.21 Å². The van der Waals surface area contributed by atoms with E-state index in [2.05, 4.69) is 19.9 Å². The Morgan fingerprint density at radius 3 is 2.48 bits per heavy atom. The number of hydrogen-bond acceptors (Lipinski definition) is 10. The zero-order chi connectivity index (χ0) is 32.9. The molecule has 1 fully saturated rings. The van der Waals surface area contributed by atoms with Crippen LogP contribution in [0.5, 0.6) is 6.01 Å². The minimum Gasteiger partial charge on any atom is -0.475 e. The number of anilines is 1. The lowest BCUT2D eigenvalue weighted by Crippen LogP contribution is -2.37. The molecule has 5 heterocycles. The molecule has 6 rings (SSSR count). The first kappa shape index (κ1) is 33.3. The van der Waals surface area contributed by atoms with Crippen LogP contribution in [0, 0.1) is 0 Å². The van der Waals surface area contributed by atoms with Gasteiger partial charge in [-0.15, -0.1) is 22.7 Å². The number of fused-ring (bicyclic) bond motifs is 1. The Hall–Kier alpha value is -4.06. The molecule has 244 valence electrons.